The minimum Gasteiger partial charge on any atom is -0.488 e. The van der Waals surface area contributed by atoms with E-state index >= 15 is 0 Å². The van der Waals surface area contributed by atoms with E-state index in [4.69, 9.17) is 4.74 Å². The van der Waals surface area contributed by atoms with Crippen LogP contribution in [0.4, 0.5) is 0 Å². The molecule has 0 bridgehead atoms. The van der Waals surface area contributed by atoms with Crippen molar-refractivity contribution in [3.8, 4) is 5.75 Å². The van der Waals surface area contributed by atoms with Gasteiger partial charge in [-0.15, -0.1) is 11.3 Å². The van der Waals surface area contributed by atoms with Crippen molar-refractivity contribution < 1.29 is 9.53 Å². The standard InChI is InChI=1S/C20H20N2O2S/c23-19(14-17-6-3-13-25-17)22-11-8-16(9-12-22)24-18-7-1-4-15-5-2-10-21-20(15)18/h1-7,10,13,16H,8-9,11-12,14H2. The second-order valence-electron chi connectivity index (χ2n) is 6.29. The first-order valence-electron chi connectivity index (χ1n) is 8.60. The largest absolute Gasteiger partial charge is 0.488 e. The number of aromatic nitrogens is 1. The second-order valence-corrected chi connectivity index (χ2v) is 7.32. The number of hydrogen-bond acceptors (Lipinski definition) is 4. The molecule has 1 aromatic carbocycles. The van der Waals surface area contributed by atoms with Crippen molar-refractivity contribution >= 4 is 28.1 Å². The number of nitrogens with zero attached hydrogens (tertiary/aromatic N) is 2. The minimum absolute atomic E-state index is 0.137. The number of fused-ring (bicyclic) bond motifs is 1. The summed E-state index contributed by atoms with van der Waals surface area (Å²) in [6.45, 7) is 1.51. The first kappa shape index (κ1) is 16.1. The highest BCUT2D eigenvalue weighted by Gasteiger charge is 2.24. The lowest BCUT2D eigenvalue weighted by Crippen LogP contribution is -2.42. The molecule has 4 rings (SSSR count). The molecule has 0 radical (unpaired) electrons. The lowest BCUT2D eigenvalue weighted by molar-refractivity contribution is -0.132. The van der Waals surface area contributed by atoms with Crippen LogP contribution >= 0.6 is 11.3 Å². The molecule has 128 valence electrons. The number of ether oxygens (including phenoxy) is 1. The van der Waals surface area contributed by atoms with E-state index in [-0.39, 0.29) is 12.0 Å². The number of carbonyl (C=O) groups excluding carboxylic acids is 1. The average molecular weight is 352 g/mol. The Morgan fingerprint density at radius 3 is 2.80 bits per heavy atom. The molecule has 0 atom stereocenters. The van der Waals surface area contributed by atoms with E-state index in [1.165, 1.54) is 0 Å². The van der Waals surface area contributed by atoms with Crippen molar-refractivity contribution in [2.75, 3.05) is 13.1 Å². The molecule has 2 aromatic heterocycles. The van der Waals surface area contributed by atoms with E-state index in [0.717, 1.165) is 47.5 Å². The number of piperidine rings is 1. The first-order valence-corrected chi connectivity index (χ1v) is 9.48. The van der Waals surface area contributed by atoms with Gasteiger partial charge in [-0.3, -0.25) is 9.78 Å². The molecule has 0 aliphatic carbocycles. The number of para-hydroxylation sites is 1. The summed E-state index contributed by atoms with van der Waals surface area (Å²) in [5.41, 5.74) is 0.904. The third-order valence-electron chi connectivity index (χ3n) is 4.59. The van der Waals surface area contributed by atoms with Gasteiger partial charge in [0.15, 0.2) is 0 Å². The Kier molecular flexibility index (Phi) is 4.65. The van der Waals surface area contributed by atoms with Crippen LogP contribution in [0, 0.1) is 0 Å². The van der Waals surface area contributed by atoms with Gasteiger partial charge in [-0.1, -0.05) is 24.3 Å². The predicted molar refractivity (Wildman–Crippen MR) is 100.0 cm³/mol. The summed E-state index contributed by atoms with van der Waals surface area (Å²) < 4.78 is 6.20. The zero-order valence-corrected chi connectivity index (χ0v) is 14.7. The second kappa shape index (κ2) is 7.23. The van der Waals surface area contributed by atoms with Gasteiger partial charge in [0.05, 0.1) is 6.42 Å². The Bertz CT molecular complexity index is 850. The van der Waals surface area contributed by atoms with Gasteiger partial charge in [-0.05, 0) is 23.6 Å². The van der Waals surface area contributed by atoms with E-state index in [9.17, 15) is 4.79 Å². The maximum atomic E-state index is 12.4. The summed E-state index contributed by atoms with van der Waals surface area (Å²) in [6.07, 6.45) is 4.16. The molecule has 4 nitrogen and oxygen atoms in total. The van der Waals surface area contributed by atoms with Gasteiger partial charge >= 0.3 is 0 Å². The molecule has 5 heteroatoms. The van der Waals surface area contributed by atoms with Crippen molar-refractivity contribution in [3.05, 3.63) is 58.9 Å². The van der Waals surface area contributed by atoms with Gasteiger partial charge in [0.25, 0.3) is 0 Å². The van der Waals surface area contributed by atoms with Crippen LogP contribution in [0.25, 0.3) is 10.9 Å². The van der Waals surface area contributed by atoms with Crippen LogP contribution < -0.4 is 4.74 Å². The van der Waals surface area contributed by atoms with Crippen LogP contribution in [-0.4, -0.2) is 35.0 Å². The highest BCUT2D eigenvalue weighted by molar-refractivity contribution is 7.10. The minimum atomic E-state index is 0.137. The molecule has 1 fully saturated rings. The Morgan fingerprint density at radius 1 is 1.16 bits per heavy atom. The quantitative estimate of drug-likeness (QED) is 0.715. The summed E-state index contributed by atoms with van der Waals surface area (Å²) in [4.78, 5) is 19.9. The zero-order valence-electron chi connectivity index (χ0n) is 13.9. The fraction of sp³-hybridized carbons (Fsp3) is 0.300. The maximum absolute atomic E-state index is 12.4. The van der Waals surface area contributed by atoms with E-state index in [1.54, 1.807) is 17.5 Å². The lowest BCUT2D eigenvalue weighted by Gasteiger charge is -2.32. The molecule has 1 aliphatic rings. The van der Waals surface area contributed by atoms with Gasteiger partial charge in [0.2, 0.25) is 5.91 Å². The summed E-state index contributed by atoms with van der Waals surface area (Å²) in [7, 11) is 0. The molecular weight excluding hydrogens is 332 g/mol. The van der Waals surface area contributed by atoms with Crippen LogP contribution in [0.5, 0.6) is 5.75 Å². The van der Waals surface area contributed by atoms with Crippen molar-refractivity contribution in [2.45, 2.75) is 25.4 Å². The smallest absolute Gasteiger partial charge is 0.227 e. The number of thiophene rings is 1. The Morgan fingerprint density at radius 2 is 2.00 bits per heavy atom. The van der Waals surface area contributed by atoms with Gasteiger partial charge in [0, 0.05) is 42.4 Å². The van der Waals surface area contributed by atoms with Gasteiger partial charge in [-0.25, -0.2) is 0 Å². The third-order valence-corrected chi connectivity index (χ3v) is 5.47. The van der Waals surface area contributed by atoms with Crippen LogP contribution in [0.2, 0.25) is 0 Å². The highest BCUT2D eigenvalue weighted by Crippen LogP contribution is 2.26. The number of pyridine rings is 1. The summed E-state index contributed by atoms with van der Waals surface area (Å²) in [6, 6.07) is 14.0. The molecule has 1 amide bonds. The van der Waals surface area contributed by atoms with Crippen molar-refractivity contribution in [2.24, 2.45) is 0 Å². The molecule has 3 heterocycles. The molecule has 1 saturated heterocycles. The molecule has 0 N–H and O–H groups in total. The number of carbonyl (C=O) groups is 1. The van der Waals surface area contributed by atoms with Gasteiger partial charge in [-0.2, -0.15) is 0 Å². The fourth-order valence-electron chi connectivity index (χ4n) is 3.25. The number of rotatable bonds is 4. The Labute approximate surface area is 151 Å². The molecular formula is C20H20N2O2S. The van der Waals surface area contributed by atoms with Gasteiger partial charge in [0.1, 0.15) is 17.4 Å². The summed E-state index contributed by atoms with van der Waals surface area (Å²) >= 11 is 1.64. The third kappa shape index (κ3) is 3.66. The molecule has 0 spiro atoms. The summed E-state index contributed by atoms with van der Waals surface area (Å²) in [5, 5.41) is 3.10. The number of benzene rings is 1. The van der Waals surface area contributed by atoms with Crippen LogP contribution in [0.1, 0.15) is 17.7 Å². The molecule has 1 aliphatic heterocycles. The fourth-order valence-corrected chi connectivity index (χ4v) is 3.94. The summed E-state index contributed by atoms with van der Waals surface area (Å²) in [5.74, 6) is 1.05. The van der Waals surface area contributed by atoms with Crippen molar-refractivity contribution in [1.82, 2.24) is 9.88 Å². The maximum Gasteiger partial charge on any atom is 0.227 e. The Hall–Kier alpha value is -2.40. The normalized spacial score (nSPS) is 15.4. The molecule has 0 unspecified atom stereocenters. The number of hydrogen-bond donors (Lipinski definition) is 0. The molecule has 3 aromatic rings. The number of likely N-dealkylation sites (tertiary alicyclic amines) is 1. The van der Waals surface area contributed by atoms with E-state index in [2.05, 4.69) is 4.98 Å². The SMILES string of the molecule is O=C(Cc1cccs1)N1CCC(Oc2cccc3cccnc23)CC1. The molecule has 0 saturated carbocycles. The Balaban J connectivity index is 1.36. The zero-order chi connectivity index (χ0) is 17.1. The van der Waals surface area contributed by atoms with E-state index in [0.29, 0.717) is 6.42 Å². The predicted octanol–water partition coefficient (Wildman–Crippen LogP) is 3.91. The van der Waals surface area contributed by atoms with E-state index in [1.807, 2.05) is 52.7 Å². The topological polar surface area (TPSA) is 42.4 Å². The molecule has 25 heavy (non-hydrogen) atoms. The van der Waals surface area contributed by atoms with Crippen LogP contribution in [0.15, 0.2) is 54.0 Å². The van der Waals surface area contributed by atoms with Gasteiger partial charge < -0.3 is 9.64 Å². The monoisotopic (exact) mass is 352 g/mol. The van der Waals surface area contributed by atoms with Crippen molar-refractivity contribution in [1.29, 1.82) is 0 Å². The van der Waals surface area contributed by atoms with Crippen LogP contribution in [-0.2, 0) is 11.2 Å². The van der Waals surface area contributed by atoms with Crippen molar-refractivity contribution in [3.63, 3.8) is 0 Å². The first-order chi connectivity index (χ1) is 12.3. The average Bonchev–Trinajstić information content (AvgIpc) is 3.16. The van der Waals surface area contributed by atoms with Crippen LogP contribution in [0.3, 0.4) is 0 Å². The lowest BCUT2D eigenvalue weighted by atomic mass is 10.1. The van der Waals surface area contributed by atoms with E-state index < -0.39 is 0 Å². The highest BCUT2D eigenvalue weighted by atomic mass is 32.1. The number of amides is 1.